The second-order valence-corrected chi connectivity index (χ2v) is 7.21. The number of thiazole rings is 1. The van der Waals surface area contributed by atoms with E-state index in [1.807, 2.05) is 0 Å². The molecule has 1 heterocycles. The molecule has 1 unspecified atom stereocenters. The van der Waals surface area contributed by atoms with Crippen LogP contribution in [0.5, 0.6) is 0 Å². The van der Waals surface area contributed by atoms with Gasteiger partial charge in [-0.25, -0.2) is 4.98 Å². The Morgan fingerprint density at radius 2 is 1.94 bits per heavy atom. The second-order valence-electron chi connectivity index (χ2n) is 6.01. The Balaban J connectivity index is 2.31. The van der Waals surface area contributed by atoms with Gasteiger partial charge in [0, 0.05) is 4.88 Å². The molecule has 0 aliphatic heterocycles. The Bertz CT molecular complexity index is 375. The highest BCUT2D eigenvalue weighted by atomic mass is 32.1. The van der Waals surface area contributed by atoms with Crippen LogP contribution in [0.15, 0.2) is 0 Å². The van der Waals surface area contributed by atoms with Crippen molar-refractivity contribution in [2.45, 2.75) is 58.9 Å². The number of aryl methyl sites for hydroxylation is 2. The summed E-state index contributed by atoms with van der Waals surface area (Å²) in [6.45, 7) is 8.85. The van der Waals surface area contributed by atoms with Gasteiger partial charge in [-0.15, -0.1) is 11.3 Å². The minimum Gasteiger partial charge on any atom is -0.319 e. The van der Waals surface area contributed by atoms with E-state index >= 15 is 0 Å². The van der Waals surface area contributed by atoms with Gasteiger partial charge in [-0.1, -0.05) is 20.3 Å². The fourth-order valence-electron chi connectivity index (χ4n) is 2.78. The first kappa shape index (κ1) is 12.1. The summed E-state index contributed by atoms with van der Waals surface area (Å²) in [6, 6.07) is 0. The van der Waals surface area contributed by atoms with Crippen LogP contribution in [0.25, 0.3) is 0 Å². The molecule has 1 aliphatic rings. The third kappa shape index (κ3) is 2.16. The maximum absolute atomic E-state index is 6.59. The molecule has 0 aromatic carbocycles. The molecule has 2 N–H and O–H groups in total. The fourth-order valence-corrected chi connectivity index (χ4v) is 3.82. The summed E-state index contributed by atoms with van der Waals surface area (Å²) in [6.07, 6.45) is 4.66. The predicted octanol–water partition coefficient (Wildman–Crippen LogP) is 3.51. The van der Waals surface area contributed by atoms with Crippen molar-refractivity contribution in [2.75, 3.05) is 0 Å². The quantitative estimate of drug-likeness (QED) is 0.813. The summed E-state index contributed by atoms with van der Waals surface area (Å²) in [4.78, 5) is 5.97. The van der Waals surface area contributed by atoms with Crippen LogP contribution in [0.3, 0.4) is 0 Å². The average molecular weight is 238 g/mol. The summed E-state index contributed by atoms with van der Waals surface area (Å²) in [5, 5.41) is 1.15. The number of nitrogens with two attached hydrogens (primary N) is 1. The van der Waals surface area contributed by atoms with E-state index in [1.165, 1.54) is 17.7 Å². The van der Waals surface area contributed by atoms with Crippen LogP contribution in [0.4, 0.5) is 0 Å². The molecule has 90 valence electrons. The maximum atomic E-state index is 6.59. The van der Waals surface area contributed by atoms with Gasteiger partial charge >= 0.3 is 0 Å². The molecular weight excluding hydrogens is 216 g/mol. The predicted molar refractivity (Wildman–Crippen MR) is 69.7 cm³/mol. The van der Waals surface area contributed by atoms with Crippen LogP contribution in [-0.2, 0) is 5.54 Å². The lowest BCUT2D eigenvalue weighted by Crippen LogP contribution is -2.44. The van der Waals surface area contributed by atoms with Gasteiger partial charge in [-0.2, -0.15) is 0 Å². The van der Waals surface area contributed by atoms with E-state index in [1.54, 1.807) is 11.3 Å². The molecule has 2 rings (SSSR count). The van der Waals surface area contributed by atoms with Crippen LogP contribution in [0, 0.1) is 19.3 Å². The minimum atomic E-state index is -0.175. The van der Waals surface area contributed by atoms with E-state index in [-0.39, 0.29) is 5.54 Å². The van der Waals surface area contributed by atoms with Crippen LogP contribution in [0.2, 0.25) is 0 Å². The van der Waals surface area contributed by atoms with Crippen LogP contribution < -0.4 is 5.73 Å². The molecule has 0 radical (unpaired) electrons. The molecule has 0 saturated heterocycles. The molecule has 1 aromatic rings. The lowest BCUT2D eigenvalue weighted by Gasteiger charge is -2.41. The van der Waals surface area contributed by atoms with Gasteiger partial charge in [-0.3, -0.25) is 0 Å². The third-order valence-corrected chi connectivity index (χ3v) is 5.02. The fraction of sp³-hybridized carbons (Fsp3) is 0.769. The molecule has 0 amide bonds. The van der Waals surface area contributed by atoms with Crippen LogP contribution in [-0.4, -0.2) is 4.98 Å². The van der Waals surface area contributed by atoms with Crippen molar-refractivity contribution >= 4 is 11.3 Å². The molecule has 1 aliphatic carbocycles. The van der Waals surface area contributed by atoms with Crippen molar-refractivity contribution in [3.63, 3.8) is 0 Å². The average Bonchev–Trinajstić information content (AvgIpc) is 2.45. The number of nitrogens with zero attached hydrogens (tertiary/aromatic N) is 1. The Morgan fingerprint density at radius 3 is 2.44 bits per heavy atom. The van der Waals surface area contributed by atoms with Crippen molar-refractivity contribution in [3.05, 3.63) is 15.6 Å². The number of hydrogen-bond donors (Lipinski definition) is 1. The van der Waals surface area contributed by atoms with Crippen LogP contribution >= 0.6 is 11.3 Å². The first-order valence-electron chi connectivity index (χ1n) is 6.06. The van der Waals surface area contributed by atoms with Crippen LogP contribution in [0.1, 0.15) is 55.1 Å². The minimum absolute atomic E-state index is 0.175. The van der Waals surface area contributed by atoms with E-state index in [0.717, 1.165) is 23.5 Å². The highest BCUT2D eigenvalue weighted by Gasteiger charge is 2.40. The van der Waals surface area contributed by atoms with E-state index < -0.39 is 0 Å². The molecule has 1 atom stereocenters. The zero-order valence-electron chi connectivity index (χ0n) is 10.8. The maximum Gasteiger partial charge on any atom is 0.113 e. The summed E-state index contributed by atoms with van der Waals surface area (Å²) in [5.41, 5.74) is 7.92. The standard InChI is InChI=1S/C13H22N2S/c1-9-10(2)16-11(15-9)13(14)7-5-6-12(3,4)8-13/h5-8,14H2,1-4H3. The zero-order chi connectivity index (χ0) is 12.0. The Morgan fingerprint density at radius 1 is 1.25 bits per heavy atom. The van der Waals surface area contributed by atoms with Gasteiger partial charge < -0.3 is 5.73 Å². The normalized spacial score (nSPS) is 29.3. The van der Waals surface area contributed by atoms with E-state index in [9.17, 15) is 0 Å². The Hall–Kier alpha value is -0.410. The van der Waals surface area contributed by atoms with Gasteiger partial charge in [0.1, 0.15) is 5.01 Å². The third-order valence-electron chi connectivity index (χ3n) is 3.72. The van der Waals surface area contributed by atoms with Gasteiger partial charge in [0.15, 0.2) is 0 Å². The molecule has 1 aromatic heterocycles. The first-order chi connectivity index (χ1) is 7.32. The topological polar surface area (TPSA) is 38.9 Å². The molecular formula is C13H22N2S. The highest BCUT2D eigenvalue weighted by molar-refractivity contribution is 7.11. The van der Waals surface area contributed by atoms with Gasteiger partial charge in [0.2, 0.25) is 0 Å². The van der Waals surface area contributed by atoms with E-state index in [2.05, 4.69) is 32.7 Å². The lowest BCUT2D eigenvalue weighted by molar-refractivity contribution is 0.151. The van der Waals surface area contributed by atoms with E-state index in [0.29, 0.717) is 5.41 Å². The van der Waals surface area contributed by atoms with Crippen molar-refractivity contribution in [1.82, 2.24) is 4.98 Å². The summed E-state index contributed by atoms with van der Waals surface area (Å²) < 4.78 is 0. The number of aromatic nitrogens is 1. The molecule has 1 saturated carbocycles. The summed E-state index contributed by atoms with van der Waals surface area (Å²) >= 11 is 1.78. The Kier molecular flexibility index (Phi) is 2.87. The number of hydrogen-bond acceptors (Lipinski definition) is 3. The van der Waals surface area contributed by atoms with Gasteiger partial charge in [0.05, 0.1) is 11.2 Å². The van der Waals surface area contributed by atoms with Crippen molar-refractivity contribution in [1.29, 1.82) is 0 Å². The monoisotopic (exact) mass is 238 g/mol. The SMILES string of the molecule is Cc1nc(C2(N)CCCC(C)(C)C2)sc1C. The summed E-state index contributed by atoms with van der Waals surface area (Å²) in [5.74, 6) is 0. The van der Waals surface area contributed by atoms with E-state index in [4.69, 9.17) is 5.73 Å². The molecule has 2 nitrogen and oxygen atoms in total. The van der Waals surface area contributed by atoms with Gasteiger partial charge in [-0.05, 0) is 38.5 Å². The van der Waals surface area contributed by atoms with Crippen molar-refractivity contribution < 1.29 is 0 Å². The van der Waals surface area contributed by atoms with Crippen molar-refractivity contribution in [2.24, 2.45) is 11.1 Å². The molecule has 0 bridgehead atoms. The van der Waals surface area contributed by atoms with Crippen molar-refractivity contribution in [3.8, 4) is 0 Å². The Labute approximate surface area is 102 Å². The number of rotatable bonds is 1. The molecule has 0 spiro atoms. The summed E-state index contributed by atoms with van der Waals surface area (Å²) in [7, 11) is 0. The molecule has 1 fully saturated rings. The second kappa shape index (κ2) is 3.81. The van der Waals surface area contributed by atoms with Gasteiger partial charge in [0.25, 0.3) is 0 Å². The lowest BCUT2D eigenvalue weighted by atomic mass is 9.69. The largest absolute Gasteiger partial charge is 0.319 e. The highest BCUT2D eigenvalue weighted by Crippen LogP contribution is 2.45. The first-order valence-corrected chi connectivity index (χ1v) is 6.87. The smallest absolute Gasteiger partial charge is 0.113 e. The zero-order valence-corrected chi connectivity index (χ0v) is 11.6. The molecule has 16 heavy (non-hydrogen) atoms. The molecule has 3 heteroatoms.